The first-order valence-electron chi connectivity index (χ1n) is 11.1. The van der Waals surface area contributed by atoms with Crippen LogP contribution in [0.15, 0.2) is 113 Å². The maximum absolute atomic E-state index is 4.68. The molecule has 34 heavy (non-hydrogen) atoms. The van der Waals surface area contributed by atoms with E-state index in [-0.39, 0.29) is 0 Å². The number of halogens is 1. The van der Waals surface area contributed by atoms with E-state index in [0.717, 1.165) is 26.9 Å². The molecule has 4 aromatic carbocycles. The molecule has 2 aromatic heterocycles. The van der Waals surface area contributed by atoms with Gasteiger partial charge in [0, 0.05) is 37.7 Å². The van der Waals surface area contributed by atoms with E-state index in [1.54, 1.807) is 11.8 Å². The highest BCUT2D eigenvalue weighted by Crippen LogP contribution is 2.32. The van der Waals surface area contributed by atoms with Crippen LogP contribution < -0.4 is 0 Å². The van der Waals surface area contributed by atoms with Gasteiger partial charge in [0.2, 0.25) is 0 Å². The van der Waals surface area contributed by atoms with E-state index in [1.807, 2.05) is 12.1 Å². The lowest BCUT2D eigenvalue weighted by atomic mass is 10.2. The van der Waals surface area contributed by atoms with Gasteiger partial charge in [-0.2, -0.15) is 0 Å². The summed E-state index contributed by atoms with van der Waals surface area (Å²) in [6, 6.07) is 35.8. The van der Waals surface area contributed by atoms with Crippen LogP contribution in [0.3, 0.4) is 0 Å². The molecule has 0 radical (unpaired) electrons. The summed E-state index contributed by atoms with van der Waals surface area (Å²) >= 11 is 5.36. The molecule has 6 aromatic rings. The minimum atomic E-state index is 0.630. The fourth-order valence-corrected chi connectivity index (χ4v) is 5.99. The minimum Gasteiger partial charge on any atom is -0.333 e. The highest BCUT2D eigenvalue weighted by atomic mass is 79.9. The van der Waals surface area contributed by atoms with Crippen molar-refractivity contribution in [2.75, 3.05) is 0 Å². The molecule has 0 fully saturated rings. The smallest absolute Gasteiger partial charge is 0.196 e. The van der Waals surface area contributed by atoms with Crippen LogP contribution in [0.4, 0.5) is 0 Å². The third-order valence-corrected chi connectivity index (χ3v) is 7.76. The van der Waals surface area contributed by atoms with Gasteiger partial charge < -0.3 is 4.57 Å². The van der Waals surface area contributed by atoms with E-state index in [1.165, 1.54) is 27.4 Å². The summed E-state index contributed by atoms with van der Waals surface area (Å²) in [4.78, 5) is 0. The zero-order valence-electron chi connectivity index (χ0n) is 18.3. The zero-order valence-corrected chi connectivity index (χ0v) is 20.7. The van der Waals surface area contributed by atoms with Crippen LogP contribution in [0.2, 0.25) is 0 Å². The second kappa shape index (κ2) is 9.12. The monoisotopic (exact) mass is 524 g/mol. The van der Waals surface area contributed by atoms with Crippen molar-refractivity contribution >= 4 is 49.5 Å². The van der Waals surface area contributed by atoms with Crippen LogP contribution in [-0.2, 0) is 12.3 Å². The molecule has 0 aliphatic heterocycles. The first kappa shape index (κ1) is 21.2. The van der Waals surface area contributed by atoms with Crippen molar-refractivity contribution in [2.24, 2.45) is 0 Å². The van der Waals surface area contributed by atoms with Crippen molar-refractivity contribution in [1.82, 2.24) is 19.3 Å². The van der Waals surface area contributed by atoms with Crippen LogP contribution in [-0.4, -0.2) is 19.3 Å². The van der Waals surface area contributed by atoms with Gasteiger partial charge in [-0.05, 0) is 35.9 Å². The van der Waals surface area contributed by atoms with Crippen LogP contribution in [0.5, 0.6) is 0 Å². The summed E-state index contributed by atoms with van der Waals surface area (Å²) in [5.41, 5.74) is 4.71. The molecule has 0 aliphatic rings. The summed E-state index contributed by atoms with van der Waals surface area (Å²) < 4.78 is 5.64. The summed E-state index contributed by atoms with van der Waals surface area (Å²) in [5.74, 6) is 1.72. The van der Waals surface area contributed by atoms with Crippen LogP contribution in [0.25, 0.3) is 27.5 Å². The summed E-state index contributed by atoms with van der Waals surface area (Å²) in [7, 11) is 0. The Morgan fingerprint density at radius 3 is 2.00 bits per heavy atom. The fourth-order valence-electron chi connectivity index (χ4n) is 4.41. The molecule has 0 spiro atoms. The highest BCUT2D eigenvalue weighted by Gasteiger charge is 2.18. The standard InChI is InChI=1S/C28H21BrN4S/c29-24-15-7-4-10-20(24)19-34-28-31-30-27(33(28)21-11-2-1-3-12-21)18-32-25-16-8-5-13-22(25)23-14-6-9-17-26(23)32/h1-17H,18-19H2. The van der Waals surface area contributed by atoms with E-state index >= 15 is 0 Å². The van der Waals surface area contributed by atoms with Gasteiger partial charge in [-0.3, -0.25) is 4.57 Å². The summed E-state index contributed by atoms with van der Waals surface area (Å²) in [6.45, 7) is 0.630. The number of benzene rings is 4. The Labute approximate surface area is 210 Å². The van der Waals surface area contributed by atoms with Crippen molar-refractivity contribution in [3.63, 3.8) is 0 Å². The molecular formula is C28H21BrN4S. The van der Waals surface area contributed by atoms with Gasteiger partial charge in [0.05, 0.1) is 6.54 Å². The molecule has 0 aliphatic carbocycles. The SMILES string of the molecule is Brc1ccccc1CSc1nnc(Cn2c3ccccc3c3ccccc32)n1-c1ccccc1. The van der Waals surface area contributed by atoms with Gasteiger partial charge in [0.1, 0.15) is 0 Å². The van der Waals surface area contributed by atoms with Crippen molar-refractivity contribution in [2.45, 2.75) is 17.5 Å². The normalized spacial score (nSPS) is 11.4. The molecule has 0 N–H and O–H groups in total. The van der Waals surface area contributed by atoms with Gasteiger partial charge in [0.25, 0.3) is 0 Å². The molecule has 0 amide bonds. The molecule has 0 bridgehead atoms. The average molecular weight is 525 g/mol. The van der Waals surface area contributed by atoms with Gasteiger partial charge in [-0.1, -0.05) is 100 Å². The molecule has 6 heteroatoms. The third-order valence-electron chi connectivity index (χ3n) is 6.01. The van der Waals surface area contributed by atoms with E-state index in [0.29, 0.717) is 6.54 Å². The molecule has 0 unspecified atom stereocenters. The second-order valence-corrected chi connectivity index (χ2v) is 9.87. The van der Waals surface area contributed by atoms with Gasteiger partial charge >= 0.3 is 0 Å². The lowest BCUT2D eigenvalue weighted by molar-refractivity contribution is 0.754. The minimum absolute atomic E-state index is 0.630. The maximum Gasteiger partial charge on any atom is 0.196 e. The van der Waals surface area contributed by atoms with Crippen molar-refractivity contribution < 1.29 is 0 Å². The van der Waals surface area contributed by atoms with Crippen molar-refractivity contribution in [3.05, 3.63) is 119 Å². The maximum atomic E-state index is 4.68. The predicted octanol–water partition coefficient (Wildman–Crippen LogP) is 7.48. The largest absolute Gasteiger partial charge is 0.333 e. The topological polar surface area (TPSA) is 35.6 Å². The Kier molecular flexibility index (Phi) is 5.69. The number of nitrogens with zero attached hydrogens (tertiary/aromatic N) is 4. The van der Waals surface area contributed by atoms with Crippen molar-refractivity contribution in [1.29, 1.82) is 0 Å². The number of hydrogen-bond acceptors (Lipinski definition) is 3. The lowest BCUT2D eigenvalue weighted by Crippen LogP contribution is -2.08. The van der Waals surface area contributed by atoms with E-state index in [2.05, 4.69) is 126 Å². The molecule has 166 valence electrons. The summed E-state index contributed by atoms with van der Waals surface area (Å²) in [6.07, 6.45) is 0. The Morgan fingerprint density at radius 2 is 1.29 bits per heavy atom. The first-order valence-corrected chi connectivity index (χ1v) is 12.9. The van der Waals surface area contributed by atoms with Crippen LogP contribution in [0, 0.1) is 0 Å². The number of fused-ring (bicyclic) bond motifs is 3. The number of aromatic nitrogens is 4. The number of thioether (sulfide) groups is 1. The predicted molar refractivity (Wildman–Crippen MR) is 144 cm³/mol. The van der Waals surface area contributed by atoms with Crippen molar-refractivity contribution in [3.8, 4) is 5.69 Å². The quantitative estimate of drug-likeness (QED) is 0.212. The van der Waals surface area contributed by atoms with Gasteiger partial charge in [0.15, 0.2) is 11.0 Å². The Bertz CT molecular complexity index is 1550. The third kappa shape index (κ3) is 3.83. The van der Waals surface area contributed by atoms with E-state index < -0.39 is 0 Å². The Balaban J connectivity index is 1.44. The molecule has 6 rings (SSSR count). The fraction of sp³-hybridized carbons (Fsp3) is 0.0714. The zero-order chi connectivity index (χ0) is 22.9. The molecular weight excluding hydrogens is 504 g/mol. The van der Waals surface area contributed by atoms with Gasteiger partial charge in [-0.15, -0.1) is 10.2 Å². The molecule has 0 atom stereocenters. The van der Waals surface area contributed by atoms with E-state index in [9.17, 15) is 0 Å². The number of hydrogen-bond donors (Lipinski definition) is 0. The van der Waals surface area contributed by atoms with Crippen LogP contribution in [0.1, 0.15) is 11.4 Å². The molecule has 0 saturated carbocycles. The Morgan fingerprint density at radius 1 is 0.676 bits per heavy atom. The van der Waals surface area contributed by atoms with E-state index in [4.69, 9.17) is 0 Å². The average Bonchev–Trinajstić information content (AvgIpc) is 3.43. The molecule has 0 saturated heterocycles. The lowest BCUT2D eigenvalue weighted by Gasteiger charge is -2.12. The Hall–Kier alpha value is -3.35. The summed E-state index contributed by atoms with van der Waals surface area (Å²) in [5, 5.41) is 12.7. The number of rotatable bonds is 6. The first-order chi connectivity index (χ1) is 16.8. The second-order valence-electron chi connectivity index (χ2n) is 8.07. The molecule has 2 heterocycles. The number of para-hydroxylation sites is 3. The highest BCUT2D eigenvalue weighted by molar-refractivity contribution is 9.10. The van der Waals surface area contributed by atoms with Gasteiger partial charge in [-0.25, -0.2) is 0 Å². The molecule has 4 nitrogen and oxygen atoms in total. The van der Waals surface area contributed by atoms with Crippen LogP contribution >= 0.6 is 27.7 Å².